The maximum Gasteiger partial charge on any atom is 0.0602 e. The molecule has 0 atom stereocenters. The SMILES string of the molecule is CC(C)c1cc2c([nH]1)-c1sc(C(C)C)cc1C21CC1. The molecule has 0 aromatic carbocycles. The summed E-state index contributed by atoms with van der Waals surface area (Å²) in [6.07, 6.45) is 2.69. The van der Waals surface area contributed by atoms with Gasteiger partial charge < -0.3 is 4.98 Å². The molecule has 2 aliphatic rings. The van der Waals surface area contributed by atoms with Crippen molar-refractivity contribution in [2.24, 2.45) is 0 Å². The second-order valence-electron chi connectivity index (χ2n) is 6.80. The van der Waals surface area contributed by atoms with Gasteiger partial charge >= 0.3 is 0 Å². The Bertz CT molecular complexity index is 599. The Morgan fingerprint density at radius 1 is 1.05 bits per heavy atom. The minimum atomic E-state index is 0.401. The smallest absolute Gasteiger partial charge is 0.0602 e. The van der Waals surface area contributed by atoms with E-state index in [0.717, 1.165) is 0 Å². The summed E-state index contributed by atoms with van der Waals surface area (Å²) in [5, 5.41) is 0. The molecule has 1 saturated carbocycles. The van der Waals surface area contributed by atoms with Gasteiger partial charge in [-0.15, -0.1) is 11.3 Å². The van der Waals surface area contributed by atoms with Crippen LogP contribution >= 0.6 is 11.3 Å². The lowest BCUT2D eigenvalue weighted by atomic mass is 9.94. The fourth-order valence-corrected chi connectivity index (χ4v) is 4.66. The van der Waals surface area contributed by atoms with Gasteiger partial charge in [-0.3, -0.25) is 0 Å². The topological polar surface area (TPSA) is 15.8 Å². The largest absolute Gasteiger partial charge is 0.357 e. The zero-order valence-electron chi connectivity index (χ0n) is 12.1. The van der Waals surface area contributed by atoms with E-state index in [0.29, 0.717) is 17.3 Å². The quantitative estimate of drug-likeness (QED) is 0.754. The third kappa shape index (κ3) is 1.41. The lowest BCUT2D eigenvalue weighted by Gasteiger charge is -2.08. The van der Waals surface area contributed by atoms with Crippen LogP contribution in [-0.2, 0) is 5.41 Å². The van der Waals surface area contributed by atoms with Gasteiger partial charge in [-0.2, -0.15) is 0 Å². The molecular weight excluding hydrogens is 250 g/mol. The molecule has 0 bridgehead atoms. The molecule has 0 amide bonds. The Labute approximate surface area is 119 Å². The Hall–Kier alpha value is -1.02. The van der Waals surface area contributed by atoms with Gasteiger partial charge in [0.2, 0.25) is 0 Å². The third-order valence-electron chi connectivity index (χ3n) is 4.79. The number of rotatable bonds is 2. The van der Waals surface area contributed by atoms with E-state index in [1.807, 2.05) is 11.3 Å². The molecule has 1 spiro atoms. The highest BCUT2D eigenvalue weighted by molar-refractivity contribution is 7.16. The summed E-state index contributed by atoms with van der Waals surface area (Å²) >= 11 is 2.01. The fraction of sp³-hybridized carbons (Fsp3) is 0.529. The van der Waals surface area contributed by atoms with E-state index < -0.39 is 0 Å². The summed E-state index contributed by atoms with van der Waals surface area (Å²) in [6.45, 7) is 9.15. The van der Waals surface area contributed by atoms with Crippen LogP contribution in [-0.4, -0.2) is 4.98 Å². The molecule has 2 aromatic heterocycles. The molecule has 100 valence electrons. The highest BCUT2D eigenvalue weighted by Crippen LogP contribution is 2.65. The second-order valence-corrected chi connectivity index (χ2v) is 7.88. The van der Waals surface area contributed by atoms with Crippen LogP contribution in [0.1, 0.15) is 74.1 Å². The van der Waals surface area contributed by atoms with Crippen molar-refractivity contribution in [1.82, 2.24) is 4.98 Å². The average molecular weight is 271 g/mol. The van der Waals surface area contributed by atoms with Crippen LogP contribution in [0.5, 0.6) is 0 Å². The van der Waals surface area contributed by atoms with Crippen LogP contribution in [0.4, 0.5) is 0 Å². The molecule has 2 heterocycles. The summed E-state index contributed by atoms with van der Waals surface area (Å²) in [7, 11) is 0. The minimum Gasteiger partial charge on any atom is -0.357 e. The van der Waals surface area contributed by atoms with Gasteiger partial charge in [0.1, 0.15) is 0 Å². The minimum absolute atomic E-state index is 0.401. The Morgan fingerprint density at radius 3 is 2.37 bits per heavy atom. The first-order chi connectivity index (χ1) is 9.03. The van der Waals surface area contributed by atoms with Gasteiger partial charge in [-0.05, 0) is 47.9 Å². The molecule has 1 fully saturated rings. The molecule has 0 saturated heterocycles. The molecule has 0 unspecified atom stereocenters. The van der Waals surface area contributed by atoms with Crippen molar-refractivity contribution in [1.29, 1.82) is 0 Å². The van der Waals surface area contributed by atoms with Crippen molar-refractivity contribution >= 4 is 11.3 Å². The third-order valence-corrected chi connectivity index (χ3v) is 6.24. The second kappa shape index (κ2) is 3.54. The first kappa shape index (κ1) is 11.8. The van der Waals surface area contributed by atoms with Gasteiger partial charge in [0, 0.05) is 16.0 Å². The van der Waals surface area contributed by atoms with Crippen LogP contribution in [0.2, 0.25) is 0 Å². The number of hydrogen-bond donors (Lipinski definition) is 1. The van der Waals surface area contributed by atoms with Crippen molar-refractivity contribution in [2.75, 3.05) is 0 Å². The predicted octanol–water partition coefficient (Wildman–Crippen LogP) is 5.38. The summed E-state index contributed by atoms with van der Waals surface area (Å²) in [5.41, 5.74) is 6.46. The maximum absolute atomic E-state index is 3.71. The molecule has 0 radical (unpaired) electrons. The number of thiophene rings is 1. The normalized spacial score (nSPS) is 18.4. The molecule has 2 aliphatic carbocycles. The molecule has 2 heteroatoms. The zero-order valence-corrected chi connectivity index (χ0v) is 12.9. The number of fused-ring (bicyclic) bond motifs is 5. The molecule has 1 nitrogen and oxygen atoms in total. The summed E-state index contributed by atoms with van der Waals surface area (Å²) < 4.78 is 0. The van der Waals surface area contributed by atoms with Crippen molar-refractivity contribution < 1.29 is 0 Å². The van der Waals surface area contributed by atoms with Crippen LogP contribution in [0.3, 0.4) is 0 Å². The van der Waals surface area contributed by atoms with Crippen LogP contribution < -0.4 is 0 Å². The van der Waals surface area contributed by atoms with E-state index in [-0.39, 0.29) is 0 Å². The Balaban J connectivity index is 1.92. The average Bonchev–Trinajstić information content (AvgIpc) is 2.78. The van der Waals surface area contributed by atoms with Crippen molar-refractivity contribution in [2.45, 2.75) is 57.8 Å². The maximum atomic E-state index is 3.71. The van der Waals surface area contributed by atoms with Crippen LogP contribution in [0.25, 0.3) is 10.6 Å². The van der Waals surface area contributed by atoms with Crippen LogP contribution in [0, 0.1) is 0 Å². The van der Waals surface area contributed by atoms with Gasteiger partial charge in [0.15, 0.2) is 0 Å². The van der Waals surface area contributed by atoms with Crippen molar-refractivity contribution in [3.05, 3.63) is 33.8 Å². The van der Waals surface area contributed by atoms with Crippen molar-refractivity contribution in [3.63, 3.8) is 0 Å². The van der Waals surface area contributed by atoms with E-state index >= 15 is 0 Å². The van der Waals surface area contributed by atoms with E-state index in [1.165, 1.54) is 29.1 Å². The van der Waals surface area contributed by atoms with Gasteiger partial charge in [-0.1, -0.05) is 27.7 Å². The molecule has 1 N–H and O–H groups in total. The Kier molecular flexibility index (Phi) is 2.20. The van der Waals surface area contributed by atoms with E-state index in [2.05, 4.69) is 44.8 Å². The summed E-state index contributed by atoms with van der Waals surface area (Å²) in [5.74, 6) is 1.24. The van der Waals surface area contributed by atoms with Crippen molar-refractivity contribution in [3.8, 4) is 10.6 Å². The highest BCUT2D eigenvalue weighted by atomic mass is 32.1. The monoisotopic (exact) mass is 271 g/mol. The van der Waals surface area contributed by atoms with E-state index in [9.17, 15) is 0 Å². The molecule has 2 aromatic rings. The standard InChI is InChI=1S/C17H21NS/c1-9(2)13-7-11-15(18-13)16-12(17(11)5-6-17)8-14(19-16)10(3)4/h7-10,18H,5-6H2,1-4H3. The number of aromatic amines is 1. The first-order valence-corrected chi connectivity index (χ1v) is 8.22. The number of H-pyrrole nitrogens is 1. The van der Waals surface area contributed by atoms with Gasteiger partial charge in [0.25, 0.3) is 0 Å². The highest BCUT2D eigenvalue weighted by Gasteiger charge is 2.54. The number of nitrogens with one attached hydrogen (secondary N) is 1. The zero-order chi connectivity index (χ0) is 13.4. The lowest BCUT2D eigenvalue weighted by molar-refractivity contribution is 0.827. The van der Waals surface area contributed by atoms with E-state index in [1.54, 1.807) is 16.0 Å². The molecule has 4 rings (SSSR count). The number of aromatic nitrogens is 1. The fourth-order valence-electron chi connectivity index (χ4n) is 3.39. The van der Waals surface area contributed by atoms with Crippen LogP contribution in [0.15, 0.2) is 12.1 Å². The Morgan fingerprint density at radius 2 is 1.79 bits per heavy atom. The molecule has 19 heavy (non-hydrogen) atoms. The molecular formula is C17H21NS. The number of hydrogen-bond acceptors (Lipinski definition) is 1. The summed E-state index contributed by atoms with van der Waals surface area (Å²) in [6, 6.07) is 4.93. The van der Waals surface area contributed by atoms with Gasteiger partial charge in [0.05, 0.1) is 10.6 Å². The first-order valence-electron chi connectivity index (χ1n) is 7.41. The molecule has 0 aliphatic heterocycles. The van der Waals surface area contributed by atoms with E-state index in [4.69, 9.17) is 0 Å². The summed E-state index contributed by atoms with van der Waals surface area (Å²) in [4.78, 5) is 6.78. The van der Waals surface area contributed by atoms with Gasteiger partial charge in [-0.25, -0.2) is 0 Å². The predicted molar refractivity (Wildman–Crippen MR) is 82.3 cm³/mol. The lowest BCUT2D eigenvalue weighted by Crippen LogP contribution is -2.02.